The lowest BCUT2D eigenvalue weighted by molar-refractivity contribution is 0.224. The van der Waals surface area contributed by atoms with E-state index in [-0.39, 0.29) is 11.1 Å². The number of aromatic nitrogens is 1. The third kappa shape index (κ3) is 6.08. The van der Waals surface area contributed by atoms with Crippen LogP contribution in [0.15, 0.2) is 78.8 Å². The van der Waals surface area contributed by atoms with E-state index < -0.39 is 5.82 Å². The molecular formula is C31H29Cl2FN8. The Hall–Kier alpha value is -4.07. The number of benzene rings is 3. The van der Waals surface area contributed by atoms with Crippen LogP contribution in [0.5, 0.6) is 0 Å². The minimum Gasteiger partial charge on any atom is -0.373 e. The Morgan fingerprint density at radius 1 is 1.00 bits per heavy atom. The fourth-order valence-electron chi connectivity index (χ4n) is 5.32. The van der Waals surface area contributed by atoms with Gasteiger partial charge in [0, 0.05) is 42.2 Å². The SMILES string of the molecule is N#Cc1cnc2c(Cl)cc(N[C@H](C3=CN(CCN4CCCC4)NN3)c3ccccc3)cc2c1Nc1ccc(F)c(Cl)c1. The zero-order valence-corrected chi connectivity index (χ0v) is 24.2. The van der Waals surface area contributed by atoms with E-state index in [0.717, 1.165) is 43.1 Å². The van der Waals surface area contributed by atoms with Crippen molar-refractivity contribution < 1.29 is 4.39 Å². The summed E-state index contributed by atoms with van der Waals surface area (Å²) in [5.74, 6) is -0.525. The molecule has 0 bridgehead atoms. The van der Waals surface area contributed by atoms with Gasteiger partial charge < -0.3 is 21.0 Å². The number of nitrogens with one attached hydrogen (secondary N) is 4. The van der Waals surface area contributed by atoms with Gasteiger partial charge in [0.1, 0.15) is 11.9 Å². The summed E-state index contributed by atoms with van der Waals surface area (Å²) < 4.78 is 13.8. The zero-order chi connectivity index (χ0) is 29.1. The molecule has 4 N–H and O–H groups in total. The van der Waals surface area contributed by atoms with Crippen LogP contribution in [-0.4, -0.2) is 41.1 Å². The molecule has 11 heteroatoms. The molecule has 0 aliphatic carbocycles. The predicted octanol–water partition coefficient (Wildman–Crippen LogP) is 6.71. The quantitative estimate of drug-likeness (QED) is 0.168. The molecule has 0 amide bonds. The second kappa shape index (κ2) is 12.4. The van der Waals surface area contributed by atoms with Gasteiger partial charge in [-0.3, -0.25) is 9.99 Å². The first-order valence-electron chi connectivity index (χ1n) is 13.8. The number of likely N-dealkylation sites (tertiary alicyclic amines) is 1. The molecule has 2 aliphatic heterocycles. The lowest BCUT2D eigenvalue weighted by Gasteiger charge is -2.22. The first-order chi connectivity index (χ1) is 20.5. The summed E-state index contributed by atoms with van der Waals surface area (Å²) in [4.78, 5) is 6.93. The Bertz CT molecular complexity index is 1670. The average Bonchev–Trinajstić information content (AvgIpc) is 3.70. The van der Waals surface area contributed by atoms with Crippen molar-refractivity contribution in [2.45, 2.75) is 18.9 Å². The summed E-state index contributed by atoms with van der Waals surface area (Å²) in [6.07, 6.45) is 6.09. The fourth-order valence-corrected chi connectivity index (χ4v) is 5.77. The molecule has 1 saturated heterocycles. The van der Waals surface area contributed by atoms with Gasteiger partial charge in [0.25, 0.3) is 0 Å². The summed E-state index contributed by atoms with van der Waals surface area (Å²) in [7, 11) is 0. The smallest absolute Gasteiger partial charge is 0.141 e. The maximum absolute atomic E-state index is 13.8. The van der Waals surface area contributed by atoms with Crippen molar-refractivity contribution >= 4 is 51.2 Å². The number of fused-ring (bicyclic) bond motifs is 1. The molecule has 0 unspecified atom stereocenters. The Kier molecular flexibility index (Phi) is 8.31. The van der Waals surface area contributed by atoms with Crippen molar-refractivity contribution in [1.29, 1.82) is 5.26 Å². The molecule has 1 fully saturated rings. The maximum atomic E-state index is 13.8. The average molecular weight is 604 g/mol. The van der Waals surface area contributed by atoms with Gasteiger partial charge >= 0.3 is 0 Å². The first-order valence-corrected chi connectivity index (χ1v) is 14.5. The summed E-state index contributed by atoms with van der Waals surface area (Å²) in [6.45, 7) is 4.15. The van der Waals surface area contributed by atoms with Gasteiger partial charge in [-0.15, -0.1) is 5.53 Å². The van der Waals surface area contributed by atoms with Crippen molar-refractivity contribution in [1.82, 2.24) is 25.9 Å². The molecule has 3 heterocycles. The highest BCUT2D eigenvalue weighted by Crippen LogP contribution is 2.37. The summed E-state index contributed by atoms with van der Waals surface area (Å²) >= 11 is 12.8. The zero-order valence-electron chi connectivity index (χ0n) is 22.7. The van der Waals surface area contributed by atoms with Gasteiger partial charge in [0.15, 0.2) is 0 Å². The van der Waals surface area contributed by atoms with E-state index in [0.29, 0.717) is 32.9 Å². The Morgan fingerprint density at radius 2 is 1.79 bits per heavy atom. The minimum atomic E-state index is -0.525. The second-order valence-corrected chi connectivity index (χ2v) is 11.1. The number of nitrogens with zero attached hydrogens (tertiary/aromatic N) is 4. The molecule has 1 atom stereocenters. The topological polar surface area (TPSA) is 91.3 Å². The summed E-state index contributed by atoms with van der Waals surface area (Å²) in [6, 6.07) is 20.1. The Labute approximate surface area is 253 Å². The van der Waals surface area contributed by atoms with Crippen molar-refractivity contribution in [3.63, 3.8) is 0 Å². The standard InChI is InChI=1S/C31H29Cl2FN8/c32-25-15-22(8-9-27(25)34)37-29-21(17-35)18-36-31-24(29)14-23(16-26(31)33)38-30(20-6-2-1-3-7-20)28-19-42(40-39-28)13-12-41-10-4-5-11-41/h1-3,6-9,14-16,18-19,30,38-40H,4-5,10-13H2,(H,36,37)/t30-/m0/s1. The van der Waals surface area contributed by atoms with Crippen LogP contribution in [0.2, 0.25) is 10.0 Å². The molecule has 6 rings (SSSR count). The predicted molar refractivity (Wildman–Crippen MR) is 166 cm³/mol. The largest absolute Gasteiger partial charge is 0.373 e. The van der Waals surface area contributed by atoms with Gasteiger partial charge in [-0.1, -0.05) is 53.5 Å². The highest BCUT2D eigenvalue weighted by atomic mass is 35.5. The number of anilines is 3. The molecular weight excluding hydrogens is 574 g/mol. The molecule has 1 aromatic heterocycles. The van der Waals surface area contributed by atoms with Gasteiger partial charge in [-0.25, -0.2) is 4.39 Å². The van der Waals surface area contributed by atoms with Gasteiger partial charge in [-0.05, 0) is 61.8 Å². The van der Waals surface area contributed by atoms with Crippen LogP contribution in [-0.2, 0) is 0 Å². The third-order valence-electron chi connectivity index (χ3n) is 7.48. The molecule has 0 radical (unpaired) electrons. The number of halogens is 3. The van der Waals surface area contributed by atoms with E-state index in [1.54, 1.807) is 6.07 Å². The molecule has 214 valence electrons. The van der Waals surface area contributed by atoms with E-state index in [9.17, 15) is 9.65 Å². The number of hydrogen-bond donors (Lipinski definition) is 4. The van der Waals surface area contributed by atoms with Crippen molar-refractivity contribution in [2.24, 2.45) is 0 Å². The molecule has 4 aromatic rings. The van der Waals surface area contributed by atoms with Crippen LogP contribution in [0, 0.1) is 17.1 Å². The Morgan fingerprint density at radius 3 is 2.55 bits per heavy atom. The number of rotatable bonds is 9. The van der Waals surface area contributed by atoms with Crippen molar-refractivity contribution in [3.05, 3.63) is 106 Å². The molecule has 0 saturated carbocycles. The van der Waals surface area contributed by atoms with Crippen LogP contribution in [0.1, 0.15) is 30.0 Å². The van der Waals surface area contributed by atoms with E-state index in [2.05, 4.69) is 60.9 Å². The molecule has 8 nitrogen and oxygen atoms in total. The van der Waals surface area contributed by atoms with E-state index in [4.69, 9.17) is 23.2 Å². The Balaban J connectivity index is 1.34. The van der Waals surface area contributed by atoms with Crippen LogP contribution in [0.4, 0.5) is 21.5 Å². The van der Waals surface area contributed by atoms with Gasteiger partial charge in [0.2, 0.25) is 0 Å². The first kappa shape index (κ1) is 28.1. The highest BCUT2D eigenvalue weighted by Gasteiger charge is 2.24. The number of nitriles is 1. The number of hydrogen-bond acceptors (Lipinski definition) is 8. The van der Waals surface area contributed by atoms with Gasteiger partial charge in [0.05, 0.1) is 38.6 Å². The molecule has 0 spiro atoms. The minimum absolute atomic E-state index is 0.0246. The van der Waals surface area contributed by atoms with Crippen LogP contribution >= 0.6 is 23.2 Å². The normalized spacial score (nSPS) is 15.8. The fraction of sp³-hybridized carbons (Fsp3) is 0.226. The van der Waals surface area contributed by atoms with E-state index in [1.165, 1.54) is 31.2 Å². The van der Waals surface area contributed by atoms with Crippen LogP contribution in [0.25, 0.3) is 10.9 Å². The third-order valence-corrected chi connectivity index (χ3v) is 8.06. The van der Waals surface area contributed by atoms with Crippen LogP contribution < -0.4 is 21.6 Å². The number of hydrazine groups is 2. The molecule has 3 aromatic carbocycles. The van der Waals surface area contributed by atoms with E-state index in [1.807, 2.05) is 30.3 Å². The highest BCUT2D eigenvalue weighted by molar-refractivity contribution is 6.36. The summed E-state index contributed by atoms with van der Waals surface area (Å²) in [5.41, 5.74) is 11.2. The maximum Gasteiger partial charge on any atom is 0.141 e. The molecule has 42 heavy (non-hydrogen) atoms. The molecule has 2 aliphatic rings. The van der Waals surface area contributed by atoms with Crippen molar-refractivity contribution in [3.8, 4) is 6.07 Å². The lowest BCUT2D eigenvalue weighted by atomic mass is 10.0. The number of pyridine rings is 1. The monoisotopic (exact) mass is 602 g/mol. The van der Waals surface area contributed by atoms with Gasteiger partial charge in [-0.2, -0.15) is 5.26 Å². The lowest BCUT2D eigenvalue weighted by Crippen LogP contribution is -2.41. The van der Waals surface area contributed by atoms with E-state index >= 15 is 0 Å². The van der Waals surface area contributed by atoms with Crippen molar-refractivity contribution in [2.75, 3.05) is 36.8 Å². The summed E-state index contributed by atoms with van der Waals surface area (Å²) in [5, 5.41) is 19.8. The second-order valence-electron chi connectivity index (χ2n) is 10.3. The van der Waals surface area contributed by atoms with Crippen LogP contribution in [0.3, 0.4) is 0 Å².